The van der Waals surface area contributed by atoms with Crippen LogP contribution in [-0.2, 0) is 4.79 Å². The number of rotatable bonds is 7. The lowest BCUT2D eigenvalue weighted by molar-refractivity contribution is -0.116. The van der Waals surface area contributed by atoms with E-state index in [-0.39, 0.29) is 11.1 Å². The summed E-state index contributed by atoms with van der Waals surface area (Å²) in [5.41, 5.74) is 0.679. The third-order valence-corrected chi connectivity index (χ3v) is 3.97. The first kappa shape index (κ1) is 15.7. The molecule has 0 unspecified atom stereocenters. The van der Waals surface area contributed by atoms with Crippen LogP contribution in [0.4, 0.5) is 10.5 Å². The van der Waals surface area contributed by atoms with Crippen LogP contribution in [0.1, 0.15) is 19.8 Å². The number of ether oxygens (including phenoxy) is 1. The number of anilines is 1. The number of benzene rings is 1. The zero-order chi connectivity index (χ0) is 15.1. The highest BCUT2D eigenvalue weighted by Gasteiger charge is 2.21. The van der Waals surface area contributed by atoms with E-state index in [0.717, 1.165) is 18.7 Å². The lowest BCUT2D eigenvalue weighted by Crippen LogP contribution is -2.27. The molecule has 6 heteroatoms. The summed E-state index contributed by atoms with van der Waals surface area (Å²) in [5, 5.41) is 2.91. The van der Waals surface area contributed by atoms with E-state index in [1.165, 1.54) is 11.8 Å². The fourth-order valence-corrected chi connectivity index (χ4v) is 2.84. The molecule has 1 aromatic rings. The Morgan fingerprint density at radius 2 is 2.24 bits per heavy atom. The van der Waals surface area contributed by atoms with Crippen LogP contribution in [0, 0.1) is 0 Å². The second-order valence-corrected chi connectivity index (χ2v) is 5.79. The molecule has 1 aromatic carbocycles. The number of nitrogens with zero attached hydrogens (tertiary/aromatic N) is 1. The highest BCUT2D eigenvalue weighted by atomic mass is 32.2. The minimum atomic E-state index is -0.104. The van der Waals surface area contributed by atoms with Gasteiger partial charge in [0.15, 0.2) is 0 Å². The van der Waals surface area contributed by atoms with Crippen molar-refractivity contribution in [1.29, 1.82) is 0 Å². The Morgan fingerprint density at radius 1 is 1.43 bits per heavy atom. The lowest BCUT2D eigenvalue weighted by Gasteiger charge is -2.15. The molecule has 1 saturated heterocycles. The van der Waals surface area contributed by atoms with Gasteiger partial charge in [0.25, 0.3) is 5.24 Å². The fraction of sp³-hybridized carbons (Fsp3) is 0.467. The summed E-state index contributed by atoms with van der Waals surface area (Å²) in [6, 6.07) is 7.39. The SMILES string of the molecule is CCCOc1ccccc1NC(=O)CCN1CCSC1=O. The van der Waals surface area contributed by atoms with Gasteiger partial charge in [-0.15, -0.1) is 0 Å². The largest absolute Gasteiger partial charge is 0.491 e. The van der Waals surface area contributed by atoms with E-state index >= 15 is 0 Å². The molecule has 21 heavy (non-hydrogen) atoms. The van der Waals surface area contributed by atoms with Gasteiger partial charge in [-0.2, -0.15) is 0 Å². The summed E-state index contributed by atoms with van der Waals surface area (Å²) >= 11 is 1.31. The minimum absolute atomic E-state index is 0.0643. The zero-order valence-corrected chi connectivity index (χ0v) is 12.9. The van der Waals surface area contributed by atoms with Crippen molar-refractivity contribution in [1.82, 2.24) is 4.90 Å². The van der Waals surface area contributed by atoms with E-state index in [4.69, 9.17) is 4.74 Å². The standard InChI is InChI=1S/C15H20N2O3S/c1-2-10-20-13-6-4-3-5-12(13)16-14(18)7-8-17-9-11-21-15(17)19/h3-6H,2,7-11H2,1H3,(H,16,18). The van der Waals surface area contributed by atoms with Gasteiger partial charge in [0.2, 0.25) is 5.91 Å². The van der Waals surface area contributed by atoms with Gasteiger partial charge in [-0.25, -0.2) is 0 Å². The second-order valence-electron chi connectivity index (χ2n) is 4.74. The first-order valence-corrected chi connectivity index (χ1v) is 8.12. The molecule has 2 rings (SSSR count). The monoisotopic (exact) mass is 308 g/mol. The Labute approximate surface area is 129 Å². The van der Waals surface area contributed by atoms with Crippen LogP contribution in [0.3, 0.4) is 0 Å². The molecule has 1 aliphatic rings. The molecule has 5 nitrogen and oxygen atoms in total. The summed E-state index contributed by atoms with van der Waals surface area (Å²) in [7, 11) is 0. The highest BCUT2D eigenvalue weighted by molar-refractivity contribution is 8.13. The Morgan fingerprint density at radius 3 is 2.95 bits per heavy atom. The minimum Gasteiger partial charge on any atom is -0.491 e. The second kappa shape index (κ2) is 7.93. The van der Waals surface area contributed by atoms with Gasteiger partial charge in [-0.1, -0.05) is 30.8 Å². The van der Waals surface area contributed by atoms with Gasteiger partial charge in [0.1, 0.15) is 5.75 Å². The number of hydrogen-bond acceptors (Lipinski definition) is 4. The Bertz CT molecular complexity index is 507. The molecule has 0 aromatic heterocycles. The molecule has 0 spiro atoms. The molecular weight excluding hydrogens is 288 g/mol. The molecule has 1 N–H and O–H groups in total. The van der Waals surface area contributed by atoms with Crippen molar-refractivity contribution < 1.29 is 14.3 Å². The zero-order valence-electron chi connectivity index (χ0n) is 12.1. The smallest absolute Gasteiger partial charge is 0.281 e. The number of carbonyl (C=O) groups excluding carboxylic acids is 2. The third-order valence-electron chi connectivity index (χ3n) is 3.08. The number of amides is 2. The van der Waals surface area contributed by atoms with E-state index in [9.17, 15) is 9.59 Å². The van der Waals surface area contributed by atoms with Crippen LogP contribution in [0.5, 0.6) is 5.75 Å². The molecule has 1 aliphatic heterocycles. The van der Waals surface area contributed by atoms with Crippen molar-refractivity contribution in [3.8, 4) is 5.75 Å². The van der Waals surface area contributed by atoms with Crippen molar-refractivity contribution in [3.05, 3.63) is 24.3 Å². The van der Waals surface area contributed by atoms with Crippen LogP contribution in [-0.4, -0.2) is 41.5 Å². The van der Waals surface area contributed by atoms with E-state index in [1.807, 2.05) is 31.2 Å². The van der Waals surface area contributed by atoms with Crippen molar-refractivity contribution >= 4 is 28.6 Å². The van der Waals surface area contributed by atoms with Crippen molar-refractivity contribution in [2.24, 2.45) is 0 Å². The molecule has 0 saturated carbocycles. The van der Waals surface area contributed by atoms with E-state index in [0.29, 0.717) is 31.0 Å². The molecule has 0 bridgehead atoms. The summed E-state index contributed by atoms with van der Waals surface area (Å²) in [4.78, 5) is 25.2. The topological polar surface area (TPSA) is 58.6 Å². The molecule has 0 radical (unpaired) electrons. The Balaban J connectivity index is 1.85. The normalized spacial score (nSPS) is 14.3. The molecule has 114 valence electrons. The average molecular weight is 308 g/mol. The lowest BCUT2D eigenvalue weighted by atomic mass is 10.2. The Hall–Kier alpha value is -1.69. The summed E-state index contributed by atoms with van der Waals surface area (Å²) in [6.45, 7) is 3.85. The first-order valence-electron chi connectivity index (χ1n) is 7.14. The summed E-state index contributed by atoms with van der Waals surface area (Å²) < 4.78 is 5.60. The van der Waals surface area contributed by atoms with Gasteiger partial charge in [0, 0.05) is 25.3 Å². The van der Waals surface area contributed by atoms with Crippen LogP contribution >= 0.6 is 11.8 Å². The van der Waals surface area contributed by atoms with Crippen molar-refractivity contribution in [2.75, 3.05) is 30.8 Å². The fourth-order valence-electron chi connectivity index (χ4n) is 1.99. The van der Waals surface area contributed by atoms with Crippen molar-refractivity contribution in [3.63, 3.8) is 0 Å². The van der Waals surface area contributed by atoms with Crippen LogP contribution in [0.25, 0.3) is 0 Å². The van der Waals surface area contributed by atoms with Gasteiger partial charge in [0.05, 0.1) is 12.3 Å². The van der Waals surface area contributed by atoms with E-state index in [1.54, 1.807) is 4.90 Å². The van der Waals surface area contributed by atoms with Gasteiger partial charge in [-0.3, -0.25) is 9.59 Å². The van der Waals surface area contributed by atoms with Gasteiger partial charge in [-0.05, 0) is 18.6 Å². The molecule has 2 amide bonds. The maximum atomic E-state index is 12.0. The van der Waals surface area contributed by atoms with E-state index in [2.05, 4.69) is 5.32 Å². The summed E-state index contributed by atoms with van der Waals surface area (Å²) in [5.74, 6) is 1.39. The van der Waals surface area contributed by atoms with Gasteiger partial charge < -0.3 is 15.0 Å². The maximum Gasteiger partial charge on any atom is 0.281 e. The Kier molecular flexibility index (Phi) is 5.92. The number of hydrogen-bond donors (Lipinski definition) is 1. The first-order chi connectivity index (χ1) is 10.2. The van der Waals surface area contributed by atoms with Crippen LogP contribution < -0.4 is 10.1 Å². The number of nitrogens with one attached hydrogen (secondary N) is 1. The van der Waals surface area contributed by atoms with Crippen LogP contribution in [0.2, 0.25) is 0 Å². The third kappa shape index (κ3) is 4.67. The number of thioether (sulfide) groups is 1. The molecule has 1 fully saturated rings. The maximum absolute atomic E-state index is 12.0. The van der Waals surface area contributed by atoms with E-state index < -0.39 is 0 Å². The van der Waals surface area contributed by atoms with Gasteiger partial charge >= 0.3 is 0 Å². The van der Waals surface area contributed by atoms with Crippen molar-refractivity contribution in [2.45, 2.75) is 19.8 Å². The quantitative estimate of drug-likeness (QED) is 0.841. The molecular formula is C15H20N2O3S. The average Bonchev–Trinajstić information content (AvgIpc) is 2.89. The predicted octanol–water partition coefficient (Wildman–Crippen LogP) is 2.97. The predicted molar refractivity (Wildman–Crippen MR) is 84.9 cm³/mol. The van der Waals surface area contributed by atoms with Crippen LogP contribution in [0.15, 0.2) is 24.3 Å². The number of para-hydroxylation sites is 2. The molecule has 0 aliphatic carbocycles. The molecule has 1 heterocycles. The summed E-state index contributed by atoms with van der Waals surface area (Å²) in [6.07, 6.45) is 1.21. The molecule has 0 atom stereocenters. The number of carbonyl (C=O) groups is 2. The highest BCUT2D eigenvalue weighted by Crippen LogP contribution is 2.24.